The van der Waals surface area contributed by atoms with E-state index in [0.717, 1.165) is 5.56 Å². The van der Waals surface area contributed by atoms with Gasteiger partial charge in [0.15, 0.2) is 0 Å². The summed E-state index contributed by atoms with van der Waals surface area (Å²) in [6, 6.07) is 5.92. The number of carbonyl (C=O) groups is 2. The first kappa shape index (κ1) is 14.6. The van der Waals surface area contributed by atoms with Crippen LogP contribution in [0.5, 0.6) is 0 Å². The molecule has 0 atom stereocenters. The van der Waals surface area contributed by atoms with Crippen molar-refractivity contribution in [1.29, 1.82) is 0 Å². The van der Waals surface area contributed by atoms with Crippen molar-refractivity contribution in [3.8, 4) is 0 Å². The topological polar surface area (TPSA) is 57.6 Å². The number of hydrogen-bond donors (Lipinski definition) is 1. The molecule has 20 heavy (non-hydrogen) atoms. The summed E-state index contributed by atoms with van der Waals surface area (Å²) in [4.78, 5) is 24.1. The predicted molar refractivity (Wildman–Crippen MR) is 75.4 cm³/mol. The molecule has 0 saturated carbocycles. The van der Waals surface area contributed by atoms with Crippen molar-refractivity contribution in [3.63, 3.8) is 0 Å². The van der Waals surface area contributed by atoms with Crippen molar-refractivity contribution in [2.45, 2.75) is 12.8 Å². The quantitative estimate of drug-likeness (QED) is 0.907. The predicted octanol–water partition coefficient (Wildman–Crippen LogP) is 2.56. The maximum Gasteiger partial charge on any atom is 0.303 e. The first-order chi connectivity index (χ1) is 9.58. The molecular weight excluding hydrogens is 281 g/mol. The molecule has 1 aliphatic rings. The fraction of sp³-hybridized carbons (Fsp3) is 0.286. The summed E-state index contributed by atoms with van der Waals surface area (Å²) in [5.41, 5.74) is 1.46. The van der Waals surface area contributed by atoms with Crippen LogP contribution < -0.4 is 0 Å². The second kappa shape index (κ2) is 6.56. The number of hydrogen-bond acceptors (Lipinski definition) is 3. The van der Waals surface area contributed by atoms with Crippen LogP contribution in [0.3, 0.4) is 0 Å². The largest absolute Gasteiger partial charge is 0.481 e. The average Bonchev–Trinajstić information content (AvgIpc) is 2.41. The molecule has 1 aliphatic heterocycles. The highest BCUT2D eigenvalue weighted by Gasteiger charge is 2.23. The van der Waals surface area contributed by atoms with Gasteiger partial charge in [-0.25, -0.2) is 4.39 Å². The van der Waals surface area contributed by atoms with Gasteiger partial charge in [0.1, 0.15) is 5.82 Å². The number of amides is 1. The van der Waals surface area contributed by atoms with Crippen molar-refractivity contribution in [2.75, 3.05) is 12.3 Å². The highest BCUT2D eigenvalue weighted by molar-refractivity contribution is 8.03. The van der Waals surface area contributed by atoms with Crippen LogP contribution in [0.4, 0.5) is 4.39 Å². The molecule has 1 amide bonds. The van der Waals surface area contributed by atoms with Gasteiger partial charge in [0.05, 0.1) is 11.4 Å². The lowest BCUT2D eigenvalue weighted by Crippen LogP contribution is -2.34. The zero-order valence-electron chi connectivity index (χ0n) is 10.7. The summed E-state index contributed by atoms with van der Waals surface area (Å²) < 4.78 is 12.9. The minimum atomic E-state index is -0.879. The van der Waals surface area contributed by atoms with Crippen LogP contribution >= 0.6 is 11.8 Å². The molecule has 0 bridgehead atoms. The summed E-state index contributed by atoms with van der Waals surface area (Å²) in [6.07, 6.45) is 0.415. The molecule has 0 aromatic heterocycles. The van der Waals surface area contributed by atoms with E-state index in [9.17, 15) is 14.0 Å². The Bertz CT molecular complexity index is 542. The van der Waals surface area contributed by atoms with Crippen LogP contribution in [-0.4, -0.2) is 34.2 Å². The number of carboxylic acid groups (broad SMARTS) is 1. The first-order valence-corrected chi connectivity index (χ1v) is 7.22. The zero-order valence-corrected chi connectivity index (χ0v) is 11.5. The summed E-state index contributed by atoms with van der Waals surface area (Å²) in [7, 11) is 0. The third-order valence-electron chi connectivity index (χ3n) is 2.91. The summed E-state index contributed by atoms with van der Waals surface area (Å²) >= 11 is 1.39. The van der Waals surface area contributed by atoms with E-state index in [1.165, 1.54) is 23.9 Å². The van der Waals surface area contributed by atoms with Gasteiger partial charge >= 0.3 is 5.97 Å². The molecule has 106 valence electrons. The lowest BCUT2D eigenvalue weighted by Gasteiger charge is -2.28. The SMILES string of the molecule is O=C(O)CCCN1C(=O)CSC=C1c1ccc(F)cc1. The number of aliphatic carboxylic acids is 1. The van der Waals surface area contributed by atoms with Gasteiger partial charge in [-0.05, 0) is 41.7 Å². The molecule has 0 aliphatic carbocycles. The van der Waals surface area contributed by atoms with Gasteiger partial charge in [-0.2, -0.15) is 0 Å². The van der Waals surface area contributed by atoms with Gasteiger partial charge in [0.25, 0.3) is 0 Å². The monoisotopic (exact) mass is 295 g/mol. The summed E-state index contributed by atoms with van der Waals surface area (Å²) in [5, 5.41) is 10.5. The summed E-state index contributed by atoms with van der Waals surface area (Å²) in [5.74, 6) is -0.919. The smallest absolute Gasteiger partial charge is 0.303 e. The molecule has 2 rings (SSSR count). The maximum atomic E-state index is 12.9. The maximum absolute atomic E-state index is 12.9. The molecule has 1 aromatic carbocycles. The minimum absolute atomic E-state index is 0.0214. The van der Waals surface area contributed by atoms with Gasteiger partial charge in [-0.3, -0.25) is 9.59 Å². The van der Waals surface area contributed by atoms with E-state index in [4.69, 9.17) is 5.11 Å². The van der Waals surface area contributed by atoms with Crippen LogP contribution in [0.1, 0.15) is 18.4 Å². The second-order valence-corrected chi connectivity index (χ2v) is 5.22. The Labute approximate surface area is 120 Å². The van der Waals surface area contributed by atoms with Crippen molar-refractivity contribution >= 4 is 29.3 Å². The number of rotatable bonds is 5. The van der Waals surface area contributed by atoms with E-state index < -0.39 is 5.97 Å². The Morgan fingerprint density at radius 2 is 2.05 bits per heavy atom. The number of halogens is 1. The molecule has 1 heterocycles. The van der Waals surface area contributed by atoms with Crippen LogP contribution in [0.15, 0.2) is 29.7 Å². The van der Waals surface area contributed by atoms with Gasteiger partial charge < -0.3 is 10.0 Å². The van der Waals surface area contributed by atoms with Crippen molar-refractivity contribution in [1.82, 2.24) is 4.90 Å². The number of nitrogens with zero attached hydrogens (tertiary/aromatic N) is 1. The van der Waals surface area contributed by atoms with E-state index in [1.54, 1.807) is 17.0 Å². The summed E-state index contributed by atoms with van der Waals surface area (Å²) in [6.45, 7) is 0.356. The van der Waals surface area contributed by atoms with Crippen molar-refractivity contribution in [2.24, 2.45) is 0 Å². The number of carboxylic acids is 1. The Balaban J connectivity index is 2.15. The lowest BCUT2D eigenvalue weighted by molar-refractivity contribution is -0.137. The normalized spacial score (nSPS) is 15.2. The standard InChI is InChI=1S/C14H14FNO3S/c15-11-5-3-10(4-6-11)12-8-20-9-13(17)16(12)7-1-2-14(18)19/h3-6,8H,1-2,7,9H2,(H,18,19). The highest BCUT2D eigenvalue weighted by Crippen LogP contribution is 2.28. The van der Waals surface area contributed by atoms with Crippen LogP contribution in [0.25, 0.3) is 5.70 Å². The van der Waals surface area contributed by atoms with Crippen molar-refractivity contribution in [3.05, 3.63) is 41.1 Å². The lowest BCUT2D eigenvalue weighted by atomic mass is 10.1. The second-order valence-electron chi connectivity index (χ2n) is 4.36. The molecular formula is C14H14FNO3S. The van der Waals surface area contributed by atoms with E-state index >= 15 is 0 Å². The van der Waals surface area contributed by atoms with Crippen molar-refractivity contribution < 1.29 is 19.1 Å². The molecule has 4 nitrogen and oxygen atoms in total. The van der Waals surface area contributed by atoms with E-state index in [1.807, 2.05) is 5.41 Å². The van der Waals surface area contributed by atoms with Gasteiger partial charge in [0.2, 0.25) is 5.91 Å². The molecule has 0 fully saturated rings. The van der Waals surface area contributed by atoms with E-state index in [-0.39, 0.29) is 18.1 Å². The highest BCUT2D eigenvalue weighted by atomic mass is 32.2. The molecule has 0 radical (unpaired) electrons. The van der Waals surface area contributed by atoms with Gasteiger partial charge in [-0.15, -0.1) is 11.8 Å². The number of thioether (sulfide) groups is 1. The van der Waals surface area contributed by atoms with Gasteiger partial charge in [0, 0.05) is 13.0 Å². The molecule has 0 saturated heterocycles. The minimum Gasteiger partial charge on any atom is -0.481 e. The fourth-order valence-electron chi connectivity index (χ4n) is 1.95. The van der Waals surface area contributed by atoms with E-state index in [0.29, 0.717) is 24.4 Å². The molecule has 0 unspecified atom stereocenters. The molecule has 0 spiro atoms. The molecule has 1 aromatic rings. The number of benzene rings is 1. The van der Waals surface area contributed by atoms with Crippen LogP contribution in [0.2, 0.25) is 0 Å². The molecule has 6 heteroatoms. The van der Waals surface area contributed by atoms with Gasteiger partial charge in [-0.1, -0.05) is 0 Å². The van der Waals surface area contributed by atoms with Crippen LogP contribution in [-0.2, 0) is 9.59 Å². The Kier molecular flexibility index (Phi) is 4.79. The Hall–Kier alpha value is -1.82. The Morgan fingerprint density at radius 1 is 1.35 bits per heavy atom. The van der Waals surface area contributed by atoms with E-state index in [2.05, 4.69) is 0 Å². The third-order valence-corrected chi connectivity index (χ3v) is 3.71. The molecule has 1 N–H and O–H groups in total. The fourth-order valence-corrected chi connectivity index (χ4v) is 2.75. The first-order valence-electron chi connectivity index (χ1n) is 6.18. The third kappa shape index (κ3) is 3.60. The Morgan fingerprint density at radius 3 is 2.70 bits per heavy atom. The average molecular weight is 295 g/mol. The van der Waals surface area contributed by atoms with Crippen LogP contribution in [0, 0.1) is 5.82 Å². The number of carbonyl (C=O) groups excluding carboxylic acids is 1. The zero-order chi connectivity index (χ0) is 14.5.